The molecule has 0 bridgehead atoms. The Morgan fingerprint density at radius 1 is 1.07 bits per heavy atom. The standard InChI is InChI=1S/C31H35NO12/c1-13(2)7-8-16-11-17(12-19(34)22(16)35)28(39)32-21-23(36)18-9-10-20(14(3)25(18)43-29(21)40)42-30-24(37)26(41-15(4)33)27(38)31(5,6)44-30/h7,9-12,24,26-27,30,34-38H,8H2,1-6H3,(H,32,39)/t24-,26+,27-,30-/m1/s1. The lowest BCUT2D eigenvalue weighted by Gasteiger charge is -2.46. The first-order valence-electron chi connectivity index (χ1n) is 13.7. The molecule has 1 fully saturated rings. The van der Waals surface area contributed by atoms with E-state index in [0.717, 1.165) is 18.6 Å². The van der Waals surface area contributed by atoms with Gasteiger partial charge in [0, 0.05) is 23.6 Å². The number of ether oxygens (including phenoxy) is 3. The number of amides is 1. The largest absolute Gasteiger partial charge is 0.505 e. The Morgan fingerprint density at radius 3 is 2.39 bits per heavy atom. The minimum absolute atomic E-state index is 0.0428. The van der Waals surface area contributed by atoms with Gasteiger partial charge in [0.05, 0.1) is 11.0 Å². The maximum absolute atomic E-state index is 13.0. The lowest BCUT2D eigenvalue weighted by Crippen LogP contribution is -2.64. The fraction of sp³-hybridized carbons (Fsp3) is 0.387. The van der Waals surface area contributed by atoms with Crippen molar-refractivity contribution in [2.45, 2.75) is 78.2 Å². The number of benzene rings is 2. The fourth-order valence-electron chi connectivity index (χ4n) is 4.79. The first-order valence-corrected chi connectivity index (χ1v) is 13.7. The highest BCUT2D eigenvalue weighted by molar-refractivity contribution is 6.07. The van der Waals surface area contributed by atoms with E-state index in [9.17, 15) is 39.9 Å². The van der Waals surface area contributed by atoms with Crippen LogP contribution in [0, 0.1) is 6.92 Å². The second kappa shape index (κ2) is 12.2. The topological polar surface area (TPSA) is 205 Å². The lowest BCUT2D eigenvalue weighted by molar-refractivity contribution is -0.304. The molecule has 0 radical (unpaired) electrons. The summed E-state index contributed by atoms with van der Waals surface area (Å²) < 4.78 is 22.2. The number of hydrogen-bond acceptors (Lipinski definition) is 12. The number of aliphatic hydroxyl groups excluding tert-OH is 2. The van der Waals surface area contributed by atoms with Crippen molar-refractivity contribution in [1.29, 1.82) is 0 Å². The van der Waals surface area contributed by atoms with Crippen LogP contribution >= 0.6 is 0 Å². The van der Waals surface area contributed by atoms with Gasteiger partial charge in [-0.2, -0.15) is 0 Å². The summed E-state index contributed by atoms with van der Waals surface area (Å²) in [5.74, 6) is -3.01. The van der Waals surface area contributed by atoms with Gasteiger partial charge in [-0.15, -0.1) is 0 Å². The van der Waals surface area contributed by atoms with E-state index >= 15 is 0 Å². The zero-order valence-electron chi connectivity index (χ0n) is 25.0. The highest BCUT2D eigenvalue weighted by atomic mass is 16.7. The van der Waals surface area contributed by atoms with Gasteiger partial charge in [0.15, 0.2) is 35.1 Å². The van der Waals surface area contributed by atoms with Gasteiger partial charge < -0.3 is 49.5 Å². The van der Waals surface area contributed by atoms with Crippen molar-refractivity contribution in [3.63, 3.8) is 0 Å². The van der Waals surface area contributed by atoms with Crippen molar-refractivity contribution in [2.75, 3.05) is 5.32 Å². The van der Waals surface area contributed by atoms with Crippen molar-refractivity contribution in [1.82, 2.24) is 0 Å². The van der Waals surface area contributed by atoms with E-state index in [4.69, 9.17) is 18.6 Å². The third-order valence-corrected chi connectivity index (χ3v) is 7.25. The molecule has 3 aromatic rings. The number of phenols is 2. The predicted molar refractivity (Wildman–Crippen MR) is 157 cm³/mol. The SMILES string of the molecule is CC(=O)O[C@H]1[C@@H](O)[C@H](Oc2ccc3c(O)c(NC(=O)c4cc(O)c(O)c(CC=C(C)C)c4)c(=O)oc3c2C)OC(C)(C)[C@@H]1O. The van der Waals surface area contributed by atoms with Crippen molar-refractivity contribution in [3.05, 3.63) is 63.0 Å². The molecule has 4 atom stereocenters. The van der Waals surface area contributed by atoms with Crippen LogP contribution in [0.2, 0.25) is 0 Å². The Hall–Kier alpha value is -4.59. The summed E-state index contributed by atoms with van der Waals surface area (Å²) in [4.78, 5) is 37.5. The highest BCUT2D eigenvalue weighted by Gasteiger charge is 2.52. The van der Waals surface area contributed by atoms with Crippen LogP contribution in [0.4, 0.5) is 5.69 Å². The molecule has 44 heavy (non-hydrogen) atoms. The van der Waals surface area contributed by atoms with Crippen molar-refractivity contribution in [3.8, 4) is 23.0 Å². The molecule has 13 nitrogen and oxygen atoms in total. The Kier molecular flexibility index (Phi) is 8.95. The number of aryl methyl sites for hydroxylation is 1. The van der Waals surface area contributed by atoms with E-state index in [1.807, 2.05) is 13.8 Å². The first-order chi connectivity index (χ1) is 20.5. The fourth-order valence-corrected chi connectivity index (χ4v) is 4.79. The second-order valence-electron chi connectivity index (χ2n) is 11.3. The molecule has 0 saturated carbocycles. The molecule has 6 N–H and O–H groups in total. The molecule has 1 aliphatic rings. The molecule has 1 saturated heterocycles. The molecule has 2 heterocycles. The Labute approximate surface area is 251 Å². The number of nitrogens with one attached hydrogen (secondary N) is 1. The number of hydrogen-bond donors (Lipinski definition) is 6. The van der Waals surface area contributed by atoms with Gasteiger partial charge in [0.25, 0.3) is 5.91 Å². The molecular formula is C31H35NO12. The number of aromatic hydroxyl groups is 3. The van der Waals surface area contributed by atoms with Crippen LogP contribution in [0.1, 0.15) is 56.1 Å². The van der Waals surface area contributed by atoms with Gasteiger partial charge in [-0.25, -0.2) is 4.79 Å². The maximum Gasteiger partial charge on any atom is 0.364 e. The molecular weight excluding hydrogens is 578 g/mol. The first kappa shape index (κ1) is 32.3. The number of fused-ring (bicyclic) bond motifs is 1. The summed E-state index contributed by atoms with van der Waals surface area (Å²) in [7, 11) is 0. The van der Waals surface area contributed by atoms with Crippen molar-refractivity contribution >= 4 is 28.5 Å². The molecule has 4 rings (SSSR count). The van der Waals surface area contributed by atoms with Crippen LogP contribution in [0.3, 0.4) is 0 Å². The molecule has 0 spiro atoms. The van der Waals surface area contributed by atoms with Gasteiger partial charge in [0.1, 0.15) is 17.4 Å². The summed E-state index contributed by atoms with van der Waals surface area (Å²) >= 11 is 0. The third kappa shape index (κ3) is 6.34. The van der Waals surface area contributed by atoms with Crippen LogP contribution < -0.4 is 15.7 Å². The molecule has 1 amide bonds. The summed E-state index contributed by atoms with van der Waals surface area (Å²) in [6, 6.07) is 5.14. The summed E-state index contributed by atoms with van der Waals surface area (Å²) in [5.41, 5.74) is -1.64. The lowest BCUT2D eigenvalue weighted by atomic mass is 9.89. The summed E-state index contributed by atoms with van der Waals surface area (Å²) in [6.45, 7) is 9.41. The second-order valence-corrected chi connectivity index (χ2v) is 11.3. The number of carbonyl (C=O) groups is 2. The van der Waals surface area contributed by atoms with Gasteiger partial charge in [-0.1, -0.05) is 11.6 Å². The van der Waals surface area contributed by atoms with E-state index < -0.39 is 64.9 Å². The number of esters is 1. The highest BCUT2D eigenvalue weighted by Crippen LogP contribution is 2.38. The maximum atomic E-state index is 13.0. The summed E-state index contributed by atoms with van der Waals surface area (Å²) in [6.07, 6.45) is -3.68. The molecule has 0 aliphatic carbocycles. The molecule has 1 aromatic heterocycles. The van der Waals surface area contributed by atoms with Crippen LogP contribution in [0.5, 0.6) is 23.0 Å². The number of carbonyl (C=O) groups excluding carboxylic acids is 2. The zero-order chi connectivity index (χ0) is 32.7. The van der Waals surface area contributed by atoms with E-state index in [-0.39, 0.29) is 45.6 Å². The Morgan fingerprint density at radius 2 is 1.75 bits per heavy atom. The average molecular weight is 614 g/mol. The van der Waals surface area contributed by atoms with Crippen molar-refractivity contribution in [2.24, 2.45) is 0 Å². The van der Waals surface area contributed by atoms with Gasteiger partial charge >= 0.3 is 11.6 Å². The number of allylic oxidation sites excluding steroid dienone is 2. The number of anilines is 1. The minimum atomic E-state index is -1.59. The van der Waals surface area contributed by atoms with E-state index in [1.165, 1.54) is 39.0 Å². The third-order valence-electron chi connectivity index (χ3n) is 7.25. The Balaban J connectivity index is 1.64. The quantitative estimate of drug-likeness (QED) is 0.0984. The van der Waals surface area contributed by atoms with E-state index in [1.54, 1.807) is 6.08 Å². The number of rotatable bonds is 7. The van der Waals surface area contributed by atoms with Gasteiger partial charge in [-0.05, 0) is 65.3 Å². The van der Waals surface area contributed by atoms with E-state index in [2.05, 4.69) is 5.32 Å². The smallest absolute Gasteiger partial charge is 0.364 e. The average Bonchev–Trinajstić information content (AvgIpc) is 2.94. The van der Waals surface area contributed by atoms with Crippen LogP contribution in [0.15, 0.2) is 45.1 Å². The number of aliphatic hydroxyl groups is 2. The van der Waals surface area contributed by atoms with Gasteiger partial charge in [0.2, 0.25) is 6.29 Å². The van der Waals surface area contributed by atoms with E-state index in [0.29, 0.717) is 0 Å². The van der Waals surface area contributed by atoms with Crippen LogP contribution in [-0.2, 0) is 20.7 Å². The van der Waals surface area contributed by atoms with Gasteiger partial charge in [-0.3, -0.25) is 9.59 Å². The van der Waals surface area contributed by atoms with Crippen LogP contribution in [-0.4, -0.2) is 67.6 Å². The molecule has 13 heteroatoms. The monoisotopic (exact) mass is 613 g/mol. The Bertz CT molecular complexity index is 1700. The van der Waals surface area contributed by atoms with Crippen molar-refractivity contribution < 1.29 is 53.7 Å². The normalized spacial score (nSPS) is 21.0. The van der Waals surface area contributed by atoms with Crippen LogP contribution in [0.25, 0.3) is 11.0 Å². The molecule has 1 aliphatic heterocycles. The molecule has 0 unspecified atom stereocenters. The molecule has 236 valence electrons. The summed E-state index contributed by atoms with van der Waals surface area (Å²) in [5, 5.41) is 55.0. The predicted octanol–water partition coefficient (Wildman–Crippen LogP) is 3.15. The minimum Gasteiger partial charge on any atom is -0.505 e. The zero-order valence-corrected chi connectivity index (χ0v) is 25.0. The molecule has 2 aromatic carbocycles. The number of phenolic OH excluding ortho intramolecular Hbond substituents is 2.